The van der Waals surface area contributed by atoms with E-state index in [0.29, 0.717) is 10.7 Å². The van der Waals surface area contributed by atoms with Crippen LogP contribution in [0.3, 0.4) is 0 Å². The Morgan fingerprint density at radius 2 is 1.59 bits per heavy atom. The lowest BCUT2D eigenvalue weighted by atomic mass is 10.1. The van der Waals surface area contributed by atoms with Crippen LogP contribution in [0.25, 0.3) is 0 Å². The van der Waals surface area contributed by atoms with E-state index in [4.69, 9.17) is 11.6 Å². The number of anilines is 1. The van der Waals surface area contributed by atoms with E-state index in [0.717, 1.165) is 9.87 Å². The van der Waals surface area contributed by atoms with Crippen molar-refractivity contribution in [3.05, 3.63) is 95.5 Å². The van der Waals surface area contributed by atoms with Gasteiger partial charge in [0.05, 0.1) is 16.6 Å². The minimum Gasteiger partial charge on any atom is -0.348 e. The number of benzene rings is 3. The Bertz CT molecular complexity index is 1070. The quantitative estimate of drug-likeness (QED) is 0.606. The summed E-state index contributed by atoms with van der Waals surface area (Å²) in [4.78, 5) is 12.8. The predicted molar refractivity (Wildman–Crippen MR) is 115 cm³/mol. The van der Waals surface area contributed by atoms with Gasteiger partial charge in [0.1, 0.15) is 6.54 Å². The standard InChI is InChI=1S/C22H21ClN2O3S/c1-17(18-9-4-2-5-10-18)24-22(26)16-25(20-12-8-11-19(23)15-20)29(27,28)21-13-6-3-7-14-21/h2-15,17H,16H2,1H3,(H,24,26)/t17-/m1/s1. The topological polar surface area (TPSA) is 66.5 Å². The van der Waals surface area contributed by atoms with Gasteiger partial charge in [-0.25, -0.2) is 8.42 Å². The molecule has 7 heteroatoms. The Labute approximate surface area is 176 Å². The van der Waals surface area contributed by atoms with E-state index in [2.05, 4.69) is 5.32 Å². The summed E-state index contributed by atoms with van der Waals surface area (Å²) in [6, 6.07) is 23.6. The number of carbonyl (C=O) groups is 1. The van der Waals surface area contributed by atoms with Crippen molar-refractivity contribution in [3.63, 3.8) is 0 Å². The summed E-state index contributed by atoms with van der Waals surface area (Å²) in [6.45, 7) is 1.48. The van der Waals surface area contributed by atoms with Crippen LogP contribution in [0.5, 0.6) is 0 Å². The van der Waals surface area contributed by atoms with Gasteiger partial charge in [0.15, 0.2) is 0 Å². The van der Waals surface area contributed by atoms with E-state index in [-0.39, 0.29) is 17.5 Å². The van der Waals surface area contributed by atoms with Gasteiger partial charge in [-0.05, 0) is 42.8 Å². The molecule has 1 N–H and O–H groups in total. The maximum Gasteiger partial charge on any atom is 0.264 e. The molecule has 0 bridgehead atoms. The maximum atomic E-state index is 13.2. The fraction of sp³-hybridized carbons (Fsp3) is 0.136. The van der Waals surface area contributed by atoms with E-state index in [1.807, 2.05) is 37.3 Å². The number of nitrogens with zero attached hydrogens (tertiary/aromatic N) is 1. The van der Waals surface area contributed by atoms with Crippen LogP contribution in [0.1, 0.15) is 18.5 Å². The third-order valence-electron chi connectivity index (χ3n) is 4.39. The summed E-state index contributed by atoms with van der Waals surface area (Å²) >= 11 is 6.06. The summed E-state index contributed by atoms with van der Waals surface area (Å²) in [5.41, 5.74) is 1.25. The van der Waals surface area contributed by atoms with Gasteiger partial charge in [-0.1, -0.05) is 66.2 Å². The van der Waals surface area contributed by atoms with Gasteiger partial charge in [-0.2, -0.15) is 0 Å². The average Bonchev–Trinajstić information content (AvgIpc) is 2.73. The molecule has 0 saturated heterocycles. The number of amides is 1. The van der Waals surface area contributed by atoms with Crippen LogP contribution in [0.2, 0.25) is 5.02 Å². The molecule has 0 aliphatic rings. The molecule has 29 heavy (non-hydrogen) atoms. The third-order valence-corrected chi connectivity index (χ3v) is 6.41. The molecule has 0 saturated carbocycles. The molecule has 0 aliphatic carbocycles. The molecular weight excluding hydrogens is 408 g/mol. The number of halogens is 1. The number of carbonyl (C=O) groups excluding carboxylic acids is 1. The second kappa shape index (κ2) is 9.11. The minimum absolute atomic E-state index is 0.101. The van der Waals surface area contributed by atoms with Crippen molar-refractivity contribution in [2.45, 2.75) is 17.9 Å². The molecule has 0 aliphatic heterocycles. The molecule has 3 aromatic carbocycles. The fourth-order valence-electron chi connectivity index (χ4n) is 2.91. The third kappa shape index (κ3) is 5.16. The van der Waals surface area contributed by atoms with Gasteiger partial charge in [0.25, 0.3) is 10.0 Å². The highest BCUT2D eigenvalue weighted by Crippen LogP contribution is 2.26. The minimum atomic E-state index is -3.95. The first-order chi connectivity index (χ1) is 13.9. The first kappa shape index (κ1) is 20.9. The second-order valence-electron chi connectivity index (χ2n) is 6.50. The molecule has 0 aromatic heterocycles. The Balaban J connectivity index is 1.89. The molecule has 5 nitrogen and oxygen atoms in total. The Morgan fingerprint density at radius 1 is 0.966 bits per heavy atom. The molecular formula is C22H21ClN2O3S. The normalized spacial score (nSPS) is 12.2. The van der Waals surface area contributed by atoms with Crippen LogP contribution in [0.4, 0.5) is 5.69 Å². The van der Waals surface area contributed by atoms with Gasteiger partial charge in [0, 0.05) is 5.02 Å². The van der Waals surface area contributed by atoms with Gasteiger partial charge in [-0.15, -0.1) is 0 Å². The van der Waals surface area contributed by atoms with Crippen LogP contribution >= 0.6 is 11.6 Å². The Hall–Kier alpha value is -2.83. The van der Waals surface area contributed by atoms with E-state index in [1.54, 1.807) is 36.4 Å². The van der Waals surface area contributed by atoms with E-state index in [9.17, 15) is 13.2 Å². The van der Waals surface area contributed by atoms with E-state index in [1.165, 1.54) is 18.2 Å². The Morgan fingerprint density at radius 3 is 2.21 bits per heavy atom. The number of hydrogen-bond donors (Lipinski definition) is 1. The molecule has 0 radical (unpaired) electrons. The molecule has 3 rings (SSSR count). The molecule has 3 aromatic rings. The Kier molecular flexibility index (Phi) is 6.56. The predicted octanol–water partition coefficient (Wildman–Crippen LogP) is 4.41. The molecule has 0 heterocycles. The lowest BCUT2D eigenvalue weighted by Crippen LogP contribution is -2.41. The van der Waals surface area contributed by atoms with Crippen LogP contribution < -0.4 is 9.62 Å². The van der Waals surface area contributed by atoms with Crippen molar-refractivity contribution in [2.24, 2.45) is 0 Å². The first-order valence-corrected chi connectivity index (χ1v) is 10.9. The zero-order chi connectivity index (χ0) is 20.9. The summed E-state index contributed by atoms with van der Waals surface area (Å²) in [5.74, 6) is -0.416. The largest absolute Gasteiger partial charge is 0.348 e. The number of rotatable bonds is 7. The second-order valence-corrected chi connectivity index (χ2v) is 8.80. The lowest BCUT2D eigenvalue weighted by molar-refractivity contribution is -0.120. The zero-order valence-corrected chi connectivity index (χ0v) is 17.4. The van der Waals surface area contributed by atoms with Gasteiger partial charge < -0.3 is 5.32 Å². The summed E-state index contributed by atoms with van der Waals surface area (Å²) in [5, 5.41) is 3.24. The molecule has 0 unspecified atom stereocenters. The van der Waals surface area contributed by atoms with Crippen molar-refractivity contribution < 1.29 is 13.2 Å². The van der Waals surface area contributed by atoms with Crippen molar-refractivity contribution in [2.75, 3.05) is 10.8 Å². The van der Waals surface area contributed by atoms with Crippen molar-refractivity contribution in [1.82, 2.24) is 5.32 Å². The smallest absolute Gasteiger partial charge is 0.264 e. The molecule has 1 amide bonds. The average molecular weight is 429 g/mol. The van der Waals surface area contributed by atoms with E-state index >= 15 is 0 Å². The lowest BCUT2D eigenvalue weighted by Gasteiger charge is -2.25. The highest BCUT2D eigenvalue weighted by atomic mass is 35.5. The van der Waals surface area contributed by atoms with Crippen LogP contribution in [0.15, 0.2) is 89.8 Å². The zero-order valence-electron chi connectivity index (χ0n) is 15.8. The maximum absolute atomic E-state index is 13.2. The summed E-state index contributed by atoms with van der Waals surface area (Å²) < 4.78 is 27.5. The monoisotopic (exact) mass is 428 g/mol. The molecule has 0 fully saturated rings. The first-order valence-electron chi connectivity index (χ1n) is 9.05. The SMILES string of the molecule is C[C@@H](NC(=O)CN(c1cccc(Cl)c1)S(=O)(=O)c1ccccc1)c1ccccc1. The van der Waals surface area contributed by atoms with Gasteiger partial charge in [0.2, 0.25) is 5.91 Å². The van der Waals surface area contributed by atoms with Crippen molar-refractivity contribution in [1.29, 1.82) is 0 Å². The van der Waals surface area contributed by atoms with Crippen LogP contribution in [-0.2, 0) is 14.8 Å². The fourth-order valence-corrected chi connectivity index (χ4v) is 4.53. The number of sulfonamides is 1. The molecule has 1 atom stereocenters. The van der Waals surface area contributed by atoms with Crippen molar-refractivity contribution >= 4 is 33.2 Å². The highest BCUT2D eigenvalue weighted by molar-refractivity contribution is 7.92. The number of hydrogen-bond acceptors (Lipinski definition) is 3. The van der Waals surface area contributed by atoms with E-state index < -0.39 is 15.9 Å². The van der Waals surface area contributed by atoms with Crippen LogP contribution in [-0.4, -0.2) is 20.9 Å². The van der Waals surface area contributed by atoms with Crippen molar-refractivity contribution in [3.8, 4) is 0 Å². The highest BCUT2D eigenvalue weighted by Gasteiger charge is 2.27. The van der Waals surface area contributed by atoms with Gasteiger partial charge in [-0.3, -0.25) is 9.10 Å². The van der Waals surface area contributed by atoms with Crippen LogP contribution in [0, 0.1) is 0 Å². The summed E-state index contributed by atoms with van der Waals surface area (Å²) in [6.07, 6.45) is 0. The summed E-state index contributed by atoms with van der Waals surface area (Å²) in [7, 11) is -3.95. The molecule has 150 valence electrons. The van der Waals surface area contributed by atoms with Gasteiger partial charge >= 0.3 is 0 Å². The molecule has 0 spiro atoms. The number of nitrogens with one attached hydrogen (secondary N) is 1.